The van der Waals surface area contributed by atoms with E-state index >= 15 is 0 Å². The summed E-state index contributed by atoms with van der Waals surface area (Å²) in [5.74, 6) is -0.540. The molecule has 0 bridgehead atoms. The molecule has 112 valence electrons. The number of aromatic nitrogens is 2. The van der Waals surface area contributed by atoms with E-state index in [-0.39, 0.29) is 5.56 Å². The zero-order valence-corrected chi connectivity index (χ0v) is 12.3. The SMILES string of the molecule is CCCc1ccc(-c2nc3ccc(C(=O)O)cn3c2N)cc1. The number of nitrogens with zero attached hydrogens (tertiary/aromatic N) is 2. The Balaban J connectivity index is 2.07. The van der Waals surface area contributed by atoms with Gasteiger partial charge in [0, 0.05) is 11.8 Å². The number of carbonyl (C=O) groups is 1. The normalized spacial score (nSPS) is 11.0. The Bertz CT molecular complexity index is 835. The lowest BCUT2D eigenvalue weighted by Crippen LogP contribution is -2.00. The van der Waals surface area contributed by atoms with Gasteiger partial charge >= 0.3 is 5.97 Å². The number of carboxylic acids is 1. The summed E-state index contributed by atoms with van der Waals surface area (Å²) in [7, 11) is 0. The molecule has 3 aromatic rings. The van der Waals surface area contributed by atoms with Crippen LogP contribution in [0.3, 0.4) is 0 Å². The van der Waals surface area contributed by atoms with Gasteiger partial charge in [0.1, 0.15) is 17.2 Å². The summed E-state index contributed by atoms with van der Waals surface area (Å²) in [5, 5.41) is 9.07. The van der Waals surface area contributed by atoms with Gasteiger partial charge < -0.3 is 10.8 Å². The maximum Gasteiger partial charge on any atom is 0.337 e. The monoisotopic (exact) mass is 295 g/mol. The second kappa shape index (κ2) is 5.52. The van der Waals surface area contributed by atoms with Crippen molar-refractivity contribution >= 4 is 17.4 Å². The number of rotatable bonds is 4. The van der Waals surface area contributed by atoms with Crippen molar-refractivity contribution in [1.29, 1.82) is 0 Å². The standard InChI is InChI=1S/C17H17N3O2/c1-2-3-11-4-6-12(7-5-11)15-16(18)20-10-13(17(21)22)8-9-14(20)19-15/h4-10H,2-3,18H2,1H3,(H,21,22). The zero-order valence-electron chi connectivity index (χ0n) is 12.3. The lowest BCUT2D eigenvalue weighted by atomic mass is 10.1. The number of imidazole rings is 1. The second-order valence-corrected chi connectivity index (χ2v) is 5.24. The molecule has 0 aliphatic heterocycles. The van der Waals surface area contributed by atoms with Crippen LogP contribution >= 0.6 is 0 Å². The summed E-state index contributed by atoms with van der Waals surface area (Å²) in [4.78, 5) is 15.6. The highest BCUT2D eigenvalue weighted by atomic mass is 16.4. The van der Waals surface area contributed by atoms with Crippen LogP contribution < -0.4 is 5.73 Å². The van der Waals surface area contributed by atoms with Crippen molar-refractivity contribution in [3.8, 4) is 11.3 Å². The number of pyridine rings is 1. The molecule has 0 radical (unpaired) electrons. The quantitative estimate of drug-likeness (QED) is 0.774. The fourth-order valence-corrected chi connectivity index (χ4v) is 2.52. The van der Waals surface area contributed by atoms with Crippen LogP contribution in [0.4, 0.5) is 5.82 Å². The van der Waals surface area contributed by atoms with Crippen molar-refractivity contribution in [1.82, 2.24) is 9.38 Å². The van der Waals surface area contributed by atoms with Crippen LogP contribution in [0.25, 0.3) is 16.9 Å². The van der Waals surface area contributed by atoms with E-state index in [9.17, 15) is 4.79 Å². The van der Waals surface area contributed by atoms with Crippen molar-refractivity contribution in [2.75, 3.05) is 5.73 Å². The first-order chi connectivity index (χ1) is 10.6. The number of nitrogens with two attached hydrogens (primary N) is 1. The number of hydrogen-bond donors (Lipinski definition) is 2. The molecule has 2 heterocycles. The minimum Gasteiger partial charge on any atom is -0.478 e. The van der Waals surface area contributed by atoms with Crippen LogP contribution in [0.2, 0.25) is 0 Å². The van der Waals surface area contributed by atoms with E-state index in [1.54, 1.807) is 10.5 Å². The minimum absolute atomic E-state index is 0.182. The van der Waals surface area contributed by atoms with Gasteiger partial charge in [0.05, 0.1) is 5.56 Å². The summed E-state index contributed by atoms with van der Waals surface area (Å²) < 4.78 is 1.61. The van der Waals surface area contributed by atoms with E-state index < -0.39 is 5.97 Å². The highest BCUT2D eigenvalue weighted by Gasteiger charge is 2.13. The van der Waals surface area contributed by atoms with Crippen molar-refractivity contribution in [2.45, 2.75) is 19.8 Å². The summed E-state index contributed by atoms with van der Waals surface area (Å²) in [6, 6.07) is 11.3. The number of aryl methyl sites for hydroxylation is 1. The molecule has 0 fully saturated rings. The van der Waals surface area contributed by atoms with Gasteiger partial charge in [0.2, 0.25) is 0 Å². The molecule has 3 rings (SSSR count). The first-order valence-corrected chi connectivity index (χ1v) is 7.20. The van der Waals surface area contributed by atoms with Crippen molar-refractivity contribution in [3.63, 3.8) is 0 Å². The molecule has 5 nitrogen and oxygen atoms in total. The number of anilines is 1. The molecule has 5 heteroatoms. The molecule has 0 spiro atoms. The predicted molar refractivity (Wildman–Crippen MR) is 86.0 cm³/mol. The van der Waals surface area contributed by atoms with Gasteiger partial charge in [0.25, 0.3) is 0 Å². The highest BCUT2D eigenvalue weighted by molar-refractivity contribution is 5.88. The highest BCUT2D eigenvalue weighted by Crippen LogP contribution is 2.27. The van der Waals surface area contributed by atoms with Crippen LogP contribution in [-0.2, 0) is 6.42 Å². The molecule has 0 saturated heterocycles. The van der Waals surface area contributed by atoms with E-state index in [0.29, 0.717) is 17.2 Å². The van der Waals surface area contributed by atoms with Crippen molar-refractivity contribution in [3.05, 3.63) is 53.7 Å². The first kappa shape index (κ1) is 14.1. The Morgan fingerprint density at radius 1 is 1.23 bits per heavy atom. The van der Waals surface area contributed by atoms with Gasteiger partial charge in [-0.25, -0.2) is 9.78 Å². The smallest absolute Gasteiger partial charge is 0.337 e. The predicted octanol–water partition coefficient (Wildman–Crippen LogP) is 3.23. The maximum atomic E-state index is 11.1. The Kier molecular flexibility index (Phi) is 3.55. The molecule has 0 amide bonds. The fourth-order valence-electron chi connectivity index (χ4n) is 2.52. The molecule has 0 aliphatic rings. The average Bonchev–Trinajstić information content (AvgIpc) is 2.85. The summed E-state index contributed by atoms with van der Waals surface area (Å²) >= 11 is 0. The number of benzene rings is 1. The summed E-state index contributed by atoms with van der Waals surface area (Å²) in [6.45, 7) is 2.15. The number of nitrogen functional groups attached to an aromatic ring is 1. The first-order valence-electron chi connectivity index (χ1n) is 7.20. The topological polar surface area (TPSA) is 80.6 Å². The minimum atomic E-state index is -0.986. The van der Waals surface area contributed by atoms with Crippen LogP contribution in [0, 0.1) is 0 Å². The molecule has 0 unspecified atom stereocenters. The molecule has 0 atom stereocenters. The Labute approximate surface area is 128 Å². The Morgan fingerprint density at radius 3 is 2.59 bits per heavy atom. The fraction of sp³-hybridized carbons (Fsp3) is 0.176. The van der Waals surface area contributed by atoms with Gasteiger partial charge in [-0.05, 0) is 24.1 Å². The van der Waals surface area contributed by atoms with E-state index in [1.165, 1.54) is 17.8 Å². The van der Waals surface area contributed by atoms with Gasteiger partial charge in [0.15, 0.2) is 0 Å². The molecule has 2 aromatic heterocycles. The van der Waals surface area contributed by atoms with E-state index in [4.69, 9.17) is 10.8 Å². The molecule has 0 saturated carbocycles. The Hall–Kier alpha value is -2.82. The van der Waals surface area contributed by atoms with Gasteiger partial charge in [-0.3, -0.25) is 4.40 Å². The van der Waals surface area contributed by atoms with Gasteiger partial charge in [-0.2, -0.15) is 0 Å². The summed E-state index contributed by atoms with van der Waals surface area (Å²) in [6.07, 6.45) is 3.64. The lowest BCUT2D eigenvalue weighted by Gasteiger charge is -2.02. The van der Waals surface area contributed by atoms with Crippen molar-refractivity contribution in [2.24, 2.45) is 0 Å². The molecular weight excluding hydrogens is 278 g/mol. The van der Waals surface area contributed by atoms with Crippen LogP contribution in [0.15, 0.2) is 42.6 Å². The largest absolute Gasteiger partial charge is 0.478 e. The molecule has 3 N–H and O–H groups in total. The third-order valence-corrected chi connectivity index (χ3v) is 3.67. The van der Waals surface area contributed by atoms with Gasteiger partial charge in [-0.1, -0.05) is 37.6 Å². The van der Waals surface area contributed by atoms with E-state index in [1.807, 2.05) is 12.1 Å². The van der Waals surface area contributed by atoms with Crippen molar-refractivity contribution < 1.29 is 9.90 Å². The van der Waals surface area contributed by atoms with Gasteiger partial charge in [-0.15, -0.1) is 0 Å². The summed E-state index contributed by atoms with van der Waals surface area (Å²) in [5.41, 5.74) is 9.84. The molecular formula is C17H17N3O2. The number of aromatic carboxylic acids is 1. The van der Waals surface area contributed by atoms with Crippen LogP contribution in [0.1, 0.15) is 29.3 Å². The number of carboxylic acid groups (broad SMARTS) is 1. The van der Waals surface area contributed by atoms with Crippen LogP contribution in [-0.4, -0.2) is 20.5 Å². The third kappa shape index (κ3) is 2.41. The maximum absolute atomic E-state index is 11.1. The number of fused-ring (bicyclic) bond motifs is 1. The lowest BCUT2D eigenvalue weighted by molar-refractivity contribution is 0.0696. The molecule has 1 aromatic carbocycles. The molecule has 0 aliphatic carbocycles. The average molecular weight is 295 g/mol. The van der Waals surface area contributed by atoms with E-state index in [2.05, 4.69) is 24.0 Å². The zero-order chi connectivity index (χ0) is 15.7. The van der Waals surface area contributed by atoms with Crippen LogP contribution in [0.5, 0.6) is 0 Å². The third-order valence-electron chi connectivity index (χ3n) is 3.67. The molecule has 22 heavy (non-hydrogen) atoms. The Morgan fingerprint density at radius 2 is 1.95 bits per heavy atom. The second-order valence-electron chi connectivity index (χ2n) is 5.24. The number of hydrogen-bond acceptors (Lipinski definition) is 3. The van der Waals surface area contributed by atoms with E-state index in [0.717, 1.165) is 18.4 Å².